The predicted octanol–water partition coefficient (Wildman–Crippen LogP) is 0.958. The molecule has 2 heterocycles. The molecule has 2 amide bonds. The molecule has 25 heavy (non-hydrogen) atoms. The molecule has 0 radical (unpaired) electrons. The van der Waals surface area contributed by atoms with Gasteiger partial charge in [-0.1, -0.05) is 19.1 Å². The van der Waals surface area contributed by atoms with Gasteiger partial charge in [-0.05, 0) is 24.1 Å². The van der Waals surface area contributed by atoms with Crippen molar-refractivity contribution in [2.24, 2.45) is 0 Å². The van der Waals surface area contributed by atoms with Crippen LogP contribution in [-0.4, -0.2) is 26.9 Å². The average Bonchev–Trinajstić information content (AvgIpc) is 3.02. The van der Waals surface area contributed by atoms with Gasteiger partial charge in [-0.2, -0.15) is 0 Å². The average molecular weight is 344 g/mol. The van der Waals surface area contributed by atoms with Gasteiger partial charge in [-0.25, -0.2) is 14.0 Å². The number of fused-ring (bicyclic) bond motifs is 1. The molecule has 4 rings (SSSR count). The van der Waals surface area contributed by atoms with Crippen molar-refractivity contribution >= 4 is 6.03 Å². The highest BCUT2D eigenvalue weighted by Crippen LogP contribution is 2.48. The summed E-state index contributed by atoms with van der Waals surface area (Å²) in [5.41, 5.74) is 0.605. The van der Waals surface area contributed by atoms with Crippen molar-refractivity contribution in [1.29, 1.82) is 0 Å². The lowest BCUT2D eigenvalue weighted by Gasteiger charge is -2.18. The minimum Gasteiger partial charge on any atom is -0.334 e. The molecule has 1 aliphatic carbocycles. The van der Waals surface area contributed by atoms with E-state index in [2.05, 4.69) is 15.3 Å². The van der Waals surface area contributed by atoms with Crippen molar-refractivity contribution in [2.75, 3.05) is 0 Å². The van der Waals surface area contributed by atoms with E-state index in [1.54, 1.807) is 12.1 Å². The number of rotatable bonds is 2. The first kappa shape index (κ1) is 15.6. The van der Waals surface area contributed by atoms with E-state index in [1.807, 2.05) is 6.92 Å². The maximum absolute atomic E-state index is 13.1. The molecule has 130 valence electrons. The van der Waals surface area contributed by atoms with Crippen LogP contribution in [0.2, 0.25) is 0 Å². The molecule has 2 unspecified atom stereocenters. The lowest BCUT2D eigenvalue weighted by Crippen LogP contribution is -2.40. The molecule has 1 aromatic carbocycles. The van der Waals surface area contributed by atoms with Gasteiger partial charge in [0.25, 0.3) is 5.56 Å². The second kappa shape index (κ2) is 5.30. The Bertz CT molecular complexity index is 965. The van der Waals surface area contributed by atoms with Crippen LogP contribution in [0.15, 0.2) is 33.9 Å². The molecule has 1 saturated carbocycles. The molecule has 1 fully saturated rings. The number of carbonyl (C=O) groups excluding carboxylic acids is 1. The van der Waals surface area contributed by atoms with E-state index in [9.17, 15) is 18.8 Å². The lowest BCUT2D eigenvalue weighted by atomic mass is 9.97. The first-order chi connectivity index (χ1) is 11.9. The molecule has 2 aromatic rings. The number of hydrogen-bond donors (Lipinski definition) is 3. The SMILES string of the molecule is CC1(c2ccc(F)cc2)CC1NC(=O)N1Cc2[nH]c(=O)[nH]c(=O)c2C1. The maximum Gasteiger partial charge on any atom is 0.325 e. The summed E-state index contributed by atoms with van der Waals surface area (Å²) in [4.78, 5) is 41.8. The van der Waals surface area contributed by atoms with Crippen molar-refractivity contribution in [2.45, 2.75) is 37.9 Å². The van der Waals surface area contributed by atoms with E-state index >= 15 is 0 Å². The third kappa shape index (κ3) is 2.63. The molecule has 1 aliphatic heterocycles. The number of nitrogens with zero attached hydrogens (tertiary/aromatic N) is 1. The largest absolute Gasteiger partial charge is 0.334 e. The van der Waals surface area contributed by atoms with Gasteiger partial charge in [0.2, 0.25) is 0 Å². The molecule has 3 N–H and O–H groups in total. The fraction of sp³-hybridized carbons (Fsp3) is 0.353. The smallest absolute Gasteiger partial charge is 0.325 e. The minimum absolute atomic E-state index is 0.0495. The summed E-state index contributed by atoms with van der Waals surface area (Å²) in [6.07, 6.45) is 0.766. The van der Waals surface area contributed by atoms with Gasteiger partial charge in [0, 0.05) is 17.2 Å². The van der Waals surface area contributed by atoms with Crippen LogP contribution in [0.1, 0.15) is 30.2 Å². The number of carbonyl (C=O) groups is 1. The number of amides is 2. The first-order valence-electron chi connectivity index (χ1n) is 8.03. The zero-order valence-corrected chi connectivity index (χ0v) is 13.6. The summed E-state index contributed by atoms with van der Waals surface area (Å²) in [6.45, 7) is 2.37. The van der Waals surface area contributed by atoms with Gasteiger partial charge in [-0.3, -0.25) is 9.78 Å². The van der Waals surface area contributed by atoms with Crippen LogP contribution in [0.3, 0.4) is 0 Å². The molecule has 0 spiro atoms. The van der Waals surface area contributed by atoms with E-state index in [1.165, 1.54) is 17.0 Å². The van der Waals surface area contributed by atoms with Gasteiger partial charge in [0.1, 0.15) is 5.82 Å². The normalized spacial score (nSPS) is 24.1. The van der Waals surface area contributed by atoms with Gasteiger partial charge in [0.05, 0.1) is 18.7 Å². The number of nitrogens with one attached hydrogen (secondary N) is 3. The van der Waals surface area contributed by atoms with Crippen LogP contribution in [0.4, 0.5) is 9.18 Å². The van der Waals surface area contributed by atoms with Crippen molar-refractivity contribution in [3.8, 4) is 0 Å². The summed E-state index contributed by atoms with van der Waals surface area (Å²) in [5, 5.41) is 2.96. The molecule has 1 aromatic heterocycles. The molecule has 8 heteroatoms. The van der Waals surface area contributed by atoms with Crippen LogP contribution in [0, 0.1) is 5.82 Å². The van der Waals surface area contributed by atoms with E-state index in [4.69, 9.17) is 0 Å². The van der Waals surface area contributed by atoms with Crippen LogP contribution in [-0.2, 0) is 18.5 Å². The highest BCUT2D eigenvalue weighted by molar-refractivity contribution is 5.76. The Kier molecular flexibility index (Phi) is 3.31. The van der Waals surface area contributed by atoms with Crippen molar-refractivity contribution in [1.82, 2.24) is 20.2 Å². The molecule has 0 bridgehead atoms. The Morgan fingerprint density at radius 3 is 2.68 bits per heavy atom. The summed E-state index contributed by atoms with van der Waals surface area (Å²) in [6, 6.07) is 5.96. The van der Waals surface area contributed by atoms with E-state index in [-0.39, 0.29) is 36.4 Å². The zero-order valence-electron chi connectivity index (χ0n) is 13.6. The zero-order chi connectivity index (χ0) is 17.8. The fourth-order valence-electron chi connectivity index (χ4n) is 3.41. The van der Waals surface area contributed by atoms with Gasteiger partial charge < -0.3 is 15.2 Å². The van der Waals surface area contributed by atoms with E-state index in [0.29, 0.717) is 11.3 Å². The van der Waals surface area contributed by atoms with Crippen LogP contribution in [0.5, 0.6) is 0 Å². The van der Waals surface area contributed by atoms with Gasteiger partial charge >= 0.3 is 11.7 Å². The number of aromatic nitrogens is 2. The number of aromatic amines is 2. The van der Waals surface area contributed by atoms with Gasteiger partial charge in [-0.15, -0.1) is 0 Å². The van der Waals surface area contributed by atoms with Crippen molar-refractivity contribution in [3.63, 3.8) is 0 Å². The minimum atomic E-state index is -0.572. The monoisotopic (exact) mass is 344 g/mol. The number of urea groups is 1. The molecule has 2 aliphatic rings. The highest BCUT2D eigenvalue weighted by Gasteiger charge is 2.52. The van der Waals surface area contributed by atoms with Crippen molar-refractivity contribution < 1.29 is 9.18 Å². The summed E-state index contributed by atoms with van der Waals surface area (Å²) < 4.78 is 13.1. The number of benzene rings is 1. The molecular formula is C17H17FN4O3. The quantitative estimate of drug-likeness (QED) is 0.757. The summed E-state index contributed by atoms with van der Waals surface area (Å²) >= 11 is 0. The number of hydrogen-bond acceptors (Lipinski definition) is 3. The van der Waals surface area contributed by atoms with Crippen LogP contribution >= 0.6 is 0 Å². The molecule has 7 nitrogen and oxygen atoms in total. The first-order valence-corrected chi connectivity index (χ1v) is 8.03. The Hall–Kier alpha value is -2.90. The third-order valence-electron chi connectivity index (χ3n) is 5.15. The maximum atomic E-state index is 13.1. The lowest BCUT2D eigenvalue weighted by molar-refractivity contribution is 0.197. The third-order valence-corrected chi connectivity index (χ3v) is 5.15. The molecule has 2 atom stereocenters. The summed E-state index contributed by atoms with van der Waals surface area (Å²) in [5.74, 6) is -0.289. The fourth-order valence-corrected chi connectivity index (χ4v) is 3.41. The Morgan fingerprint density at radius 2 is 1.96 bits per heavy atom. The van der Waals surface area contributed by atoms with Gasteiger partial charge in [0.15, 0.2) is 0 Å². The highest BCUT2D eigenvalue weighted by atomic mass is 19.1. The Balaban J connectivity index is 1.44. The molecular weight excluding hydrogens is 327 g/mol. The Morgan fingerprint density at radius 1 is 1.24 bits per heavy atom. The standard InChI is InChI=1S/C17H17FN4O3/c1-17(9-2-4-10(18)5-3-9)6-13(17)20-16(25)22-7-11-12(8-22)19-15(24)21-14(11)23/h2-5,13H,6-8H2,1H3,(H,20,25)(H2,19,21,23,24). The number of H-pyrrole nitrogens is 2. The predicted molar refractivity (Wildman–Crippen MR) is 87.6 cm³/mol. The number of halogens is 1. The van der Waals surface area contributed by atoms with Crippen molar-refractivity contribution in [3.05, 3.63) is 67.7 Å². The second-order valence-electron chi connectivity index (χ2n) is 6.85. The van der Waals surface area contributed by atoms with Crippen LogP contribution in [0.25, 0.3) is 0 Å². The van der Waals surface area contributed by atoms with E-state index in [0.717, 1.165) is 12.0 Å². The topological polar surface area (TPSA) is 98.1 Å². The van der Waals surface area contributed by atoms with E-state index < -0.39 is 11.2 Å². The van der Waals surface area contributed by atoms with Crippen LogP contribution < -0.4 is 16.6 Å². The summed E-state index contributed by atoms with van der Waals surface area (Å²) in [7, 11) is 0. The second-order valence-corrected chi connectivity index (χ2v) is 6.85. The Labute approximate surface area is 141 Å². The molecule has 0 saturated heterocycles.